The number of rotatable bonds is 3. The van der Waals surface area contributed by atoms with Crippen molar-refractivity contribution in [2.45, 2.75) is 40.5 Å². The van der Waals surface area contributed by atoms with Crippen LogP contribution in [0.1, 0.15) is 40.5 Å². The van der Waals surface area contributed by atoms with Crippen LogP contribution in [0.2, 0.25) is 0 Å². The third-order valence-electron chi connectivity index (χ3n) is 2.27. The molecule has 0 radical (unpaired) electrons. The van der Waals surface area contributed by atoms with Crippen LogP contribution < -0.4 is 0 Å². The van der Waals surface area contributed by atoms with Crippen molar-refractivity contribution < 1.29 is 9.90 Å². The predicted molar refractivity (Wildman–Crippen MR) is 45.5 cm³/mol. The molecule has 0 aromatic rings. The second kappa shape index (κ2) is 3.74. The van der Waals surface area contributed by atoms with Crippen LogP contribution in [0.5, 0.6) is 0 Å². The lowest BCUT2D eigenvalue weighted by Gasteiger charge is -2.26. The summed E-state index contributed by atoms with van der Waals surface area (Å²) in [7, 11) is 0. The highest BCUT2D eigenvalue weighted by Gasteiger charge is 2.20. The van der Waals surface area contributed by atoms with Gasteiger partial charge in [0.1, 0.15) is 0 Å². The molecular formula is C9H18O2. The number of hydrogen-bond acceptors (Lipinski definition) is 1. The van der Waals surface area contributed by atoms with E-state index >= 15 is 0 Å². The van der Waals surface area contributed by atoms with E-state index < -0.39 is 5.97 Å². The highest BCUT2D eigenvalue weighted by Crippen LogP contribution is 2.28. The van der Waals surface area contributed by atoms with Crippen molar-refractivity contribution in [2.75, 3.05) is 0 Å². The Kier molecular flexibility index (Phi) is 3.56. The number of carboxylic acids is 1. The maximum atomic E-state index is 10.2. The molecule has 0 heterocycles. The summed E-state index contributed by atoms with van der Waals surface area (Å²) < 4.78 is 0. The maximum absolute atomic E-state index is 10.2. The van der Waals surface area contributed by atoms with E-state index in [2.05, 4.69) is 27.7 Å². The van der Waals surface area contributed by atoms with Gasteiger partial charge in [0, 0.05) is 6.42 Å². The SMILES string of the molecule is C[C@@H](CCC(=O)O)C(C)(C)C. The first-order valence-corrected chi connectivity index (χ1v) is 4.06. The van der Waals surface area contributed by atoms with Gasteiger partial charge in [-0.05, 0) is 17.8 Å². The van der Waals surface area contributed by atoms with Gasteiger partial charge in [0.25, 0.3) is 0 Å². The molecule has 0 bridgehead atoms. The van der Waals surface area contributed by atoms with Crippen molar-refractivity contribution in [1.82, 2.24) is 0 Å². The largest absolute Gasteiger partial charge is 0.481 e. The molecule has 0 aromatic carbocycles. The van der Waals surface area contributed by atoms with Gasteiger partial charge in [0.2, 0.25) is 0 Å². The molecular weight excluding hydrogens is 140 g/mol. The van der Waals surface area contributed by atoms with E-state index in [4.69, 9.17) is 5.11 Å². The van der Waals surface area contributed by atoms with Crippen LogP contribution in [0.15, 0.2) is 0 Å². The molecule has 11 heavy (non-hydrogen) atoms. The Labute approximate surface area is 68.6 Å². The summed E-state index contributed by atoms with van der Waals surface area (Å²) in [5.41, 5.74) is 0.232. The van der Waals surface area contributed by atoms with Crippen molar-refractivity contribution in [2.24, 2.45) is 11.3 Å². The molecule has 0 unspecified atom stereocenters. The number of carboxylic acid groups (broad SMARTS) is 1. The van der Waals surface area contributed by atoms with E-state index in [1.54, 1.807) is 0 Å². The standard InChI is InChI=1S/C9H18O2/c1-7(9(2,3)4)5-6-8(10)11/h7H,5-6H2,1-4H3,(H,10,11)/t7-/m0/s1. The Morgan fingerprint density at radius 2 is 1.91 bits per heavy atom. The third-order valence-corrected chi connectivity index (χ3v) is 2.27. The lowest BCUT2D eigenvalue weighted by Crippen LogP contribution is -2.18. The molecule has 0 spiro atoms. The highest BCUT2D eigenvalue weighted by atomic mass is 16.4. The number of hydrogen-bond donors (Lipinski definition) is 1. The molecule has 1 atom stereocenters. The first-order chi connectivity index (χ1) is 4.84. The zero-order chi connectivity index (χ0) is 9.07. The van der Waals surface area contributed by atoms with E-state index in [9.17, 15) is 4.79 Å². The van der Waals surface area contributed by atoms with Gasteiger partial charge < -0.3 is 5.11 Å². The van der Waals surface area contributed by atoms with Gasteiger partial charge in [-0.25, -0.2) is 0 Å². The number of aliphatic carboxylic acids is 1. The molecule has 0 aliphatic rings. The summed E-state index contributed by atoms with van der Waals surface area (Å²) in [5.74, 6) is -0.222. The summed E-state index contributed by atoms with van der Waals surface area (Å²) in [6.45, 7) is 8.52. The molecule has 0 aliphatic heterocycles. The minimum Gasteiger partial charge on any atom is -0.481 e. The second-order valence-electron chi connectivity index (χ2n) is 4.20. The molecule has 66 valence electrons. The topological polar surface area (TPSA) is 37.3 Å². The molecule has 0 rings (SSSR count). The highest BCUT2D eigenvalue weighted by molar-refractivity contribution is 5.66. The van der Waals surface area contributed by atoms with Crippen LogP contribution in [0.4, 0.5) is 0 Å². The summed E-state index contributed by atoms with van der Waals surface area (Å²) in [6.07, 6.45) is 1.07. The minimum absolute atomic E-state index is 0.232. The van der Waals surface area contributed by atoms with Crippen molar-refractivity contribution >= 4 is 5.97 Å². The monoisotopic (exact) mass is 158 g/mol. The van der Waals surface area contributed by atoms with Crippen LogP contribution >= 0.6 is 0 Å². The molecule has 0 aromatic heterocycles. The van der Waals surface area contributed by atoms with Crippen molar-refractivity contribution in [3.63, 3.8) is 0 Å². The molecule has 1 N–H and O–H groups in total. The average Bonchev–Trinajstić information content (AvgIpc) is 1.80. The van der Waals surface area contributed by atoms with Crippen LogP contribution in [0, 0.1) is 11.3 Å². The molecule has 0 aliphatic carbocycles. The third kappa shape index (κ3) is 4.82. The Balaban J connectivity index is 3.70. The summed E-state index contributed by atoms with van der Waals surface area (Å²) >= 11 is 0. The summed E-state index contributed by atoms with van der Waals surface area (Å²) in [5, 5.41) is 8.43. The van der Waals surface area contributed by atoms with Crippen LogP contribution in [-0.2, 0) is 4.79 Å². The molecule has 0 fully saturated rings. The van der Waals surface area contributed by atoms with Crippen LogP contribution in [0.3, 0.4) is 0 Å². The van der Waals surface area contributed by atoms with Crippen molar-refractivity contribution in [3.8, 4) is 0 Å². The summed E-state index contributed by atoms with van der Waals surface area (Å²) in [6, 6.07) is 0. The van der Waals surface area contributed by atoms with Gasteiger partial charge >= 0.3 is 5.97 Å². The molecule has 0 saturated carbocycles. The van der Waals surface area contributed by atoms with Crippen molar-refractivity contribution in [1.29, 1.82) is 0 Å². The lowest BCUT2D eigenvalue weighted by molar-refractivity contribution is -0.137. The zero-order valence-corrected chi connectivity index (χ0v) is 7.85. The predicted octanol–water partition coefficient (Wildman–Crippen LogP) is 2.53. The Bertz CT molecular complexity index is 133. The smallest absolute Gasteiger partial charge is 0.303 e. The fourth-order valence-corrected chi connectivity index (χ4v) is 0.773. The lowest BCUT2D eigenvalue weighted by atomic mass is 9.79. The zero-order valence-electron chi connectivity index (χ0n) is 7.85. The summed E-state index contributed by atoms with van der Waals surface area (Å²) in [4.78, 5) is 10.2. The Morgan fingerprint density at radius 3 is 2.18 bits per heavy atom. The fourth-order valence-electron chi connectivity index (χ4n) is 0.773. The van der Waals surface area contributed by atoms with E-state index in [1.807, 2.05) is 0 Å². The quantitative estimate of drug-likeness (QED) is 0.685. The second-order valence-corrected chi connectivity index (χ2v) is 4.20. The van der Waals surface area contributed by atoms with Gasteiger partial charge in [-0.15, -0.1) is 0 Å². The first-order valence-electron chi connectivity index (χ1n) is 4.06. The first kappa shape index (κ1) is 10.5. The van der Waals surface area contributed by atoms with Crippen LogP contribution in [-0.4, -0.2) is 11.1 Å². The fraction of sp³-hybridized carbons (Fsp3) is 0.889. The normalized spacial score (nSPS) is 14.5. The Hall–Kier alpha value is -0.530. The van der Waals surface area contributed by atoms with Gasteiger partial charge in [-0.2, -0.15) is 0 Å². The van der Waals surface area contributed by atoms with Crippen molar-refractivity contribution in [3.05, 3.63) is 0 Å². The number of carbonyl (C=O) groups is 1. The molecule has 2 heteroatoms. The van der Waals surface area contributed by atoms with E-state index in [-0.39, 0.29) is 5.41 Å². The van der Waals surface area contributed by atoms with Gasteiger partial charge in [0.05, 0.1) is 0 Å². The molecule has 0 amide bonds. The molecule has 0 saturated heterocycles. The van der Waals surface area contributed by atoms with E-state index in [0.29, 0.717) is 12.3 Å². The van der Waals surface area contributed by atoms with Gasteiger partial charge in [0.15, 0.2) is 0 Å². The van der Waals surface area contributed by atoms with Crippen LogP contribution in [0.25, 0.3) is 0 Å². The van der Waals surface area contributed by atoms with Gasteiger partial charge in [-0.1, -0.05) is 27.7 Å². The van der Waals surface area contributed by atoms with Gasteiger partial charge in [-0.3, -0.25) is 4.79 Å². The minimum atomic E-state index is -0.693. The average molecular weight is 158 g/mol. The van der Waals surface area contributed by atoms with E-state index in [1.165, 1.54) is 0 Å². The molecule has 2 nitrogen and oxygen atoms in total. The Morgan fingerprint density at radius 1 is 1.45 bits per heavy atom. The maximum Gasteiger partial charge on any atom is 0.303 e. The van der Waals surface area contributed by atoms with E-state index in [0.717, 1.165) is 6.42 Å².